The minimum atomic E-state index is -0.917. The third-order valence-electron chi connectivity index (χ3n) is 7.94. The van der Waals surface area contributed by atoms with E-state index >= 15 is 8.78 Å². The van der Waals surface area contributed by atoms with Gasteiger partial charge in [-0.1, -0.05) is 0 Å². The van der Waals surface area contributed by atoms with Crippen molar-refractivity contribution in [3.8, 4) is 11.3 Å². The first kappa shape index (κ1) is 37.2. The van der Waals surface area contributed by atoms with E-state index in [-0.39, 0.29) is 40.6 Å². The first-order valence-corrected chi connectivity index (χ1v) is 16.9. The Kier molecular flexibility index (Phi) is 10.7. The van der Waals surface area contributed by atoms with Gasteiger partial charge in [-0.15, -0.1) is 5.10 Å². The number of benzene rings is 2. The van der Waals surface area contributed by atoms with Crippen LogP contribution >= 0.6 is 0 Å². The van der Waals surface area contributed by atoms with Crippen LogP contribution in [0.2, 0.25) is 0 Å². The van der Waals surface area contributed by atoms with Crippen molar-refractivity contribution in [2.24, 2.45) is 0 Å². The van der Waals surface area contributed by atoms with Gasteiger partial charge in [0.25, 0.3) is 5.91 Å². The fraction of sp³-hybridized carbons (Fsp3) is 0.432. The van der Waals surface area contributed by atoms with E-state index in [1.807, 2.05) is 12.1 Å². The highest BCUT2D eigenvalue weighted by Gasteiger charge is 2.27. The maximum Gasteiger partial charge on any atom is 0.435 e. The molecule has 0 bridgehead atoms. The highest BCUT2D eigenvalue weighted by molar-refractivity contribution is 6.09. The Bertz CT molecular complexity index is 1900. The van der Waals surface area contributed by atoms with E-state index < -0.39 is 46.5 Å². The van der Waals surface area contributed by atoms with E-state index in [9.17, 15) is 14.4 Å². The summed E-state index contributed by atoms with van der Waals surface area (Å²) in [5.41, 5.74) is -0.446. The molecule has 1 aliphatic rings. The number of hydrogen-bond acceptors (Lipinski definition) is 9. The molecule has 1 fully saturated rings. The largest absolute Gasteiger partial charge is 0.444 e. The van der Waals surface area contributed by atoms with Crippen molar-refractivity contribution < 1.29 is 32.6 Å². The summed E-state index contributed by atoms with van der Waals surface area (Å²) in [6.45, 7) is 17.2. The summed E-state index contributed by atoms with van der Waals surface area (Å²) >= 11 is 0. The summed E-state index contributed by atoms with van der Waals surface area (Å²) in [5, 5.41) is 10.6. The molecule has 3 heterocycles. The van der Waals surface area contributed by atoms with Crippen LogP contribution in [-0.2, 0) is 16.0 Å². The zero-order valence-electron chi connectivity index (χ0n) is 30.3. The molecule has 2 aromatic heterocycles. The molecule has 12 nitrogen and oxygen atoms in total. The van der Waals surface area contributed by atoms with E-state index in [4.69, 9.17) is 9.47 Å². The molecule has 5 rings (SSSR count). The van der Waals surface area contributed by atoms with Crippen LogP contribution in [0.15, 0.2) is 48.7 Å². The summed E-state index contributed by atoms with van der Waals surface area (Å²) in [6.07, 6.45) is -0.194. The molecule has 14 heteroatoms. The normalized spacial score (nSPS) is 13.7. The summed E-state index contributed by atoms with van der Waals surface area (Å²) < 4.78 is 43.5. The maximum atomic E-state index is 15.8. The zero-order chi connectivity index (χ0) is 37.2. The Morgan fingerprint density at radius 1 is 0.941 bits per heavy atom. The van der Waals surface area contributed by atoms with Crippen molar-refractivity contribution in [1.29, 1.82) is 0 Å². The van der Waals surface area contributed by atoms with Gasteiger partial charge < -0.3 is 29.9 Å². The summed E-state index contributed by atoms with van der Waals surface area (Å²) in [6, 6.07) is 10.4. The summed E-state index contributed by atoms with van der Waals surface area (Å²) in [4.78, 5) is 47.3. The number of halogens is 2. The van der Waals surface area contributed by atoms with Crippen LogP contribution in [0, 0.1) is 11.6 Å². The monoisotopic (exact) mass is 705 g/mol. The second-order valence-electron chi connectivity index (χ2n) is 14.7. The highest BCUT2D eigenvalue weighted by Crippen LogP contribution is 2.32. The first-order chi connectivity index (χ1) is 23.9. The number of piperazine rings is 1. The Balaban J connectivity index is 1.48. The molecular weight excluding hydrogens is 660 g/mol. The molecule has 2 amide bonds. The van der Waals surface area contributed by atoms with Crippen LogP contribution in [0.5, 0.6) is 0 Å². The van der Waals surface area contributed by atoms with Crippen LogP contribution in [0.3, 0.4) is 0 Å². The first-order valence-electron chi connectivity index (χ1n) is 16.9. The Hall–Kier alpha value is -5.11. The van der Waals surface area contributed by atoms with Crippen LogP contribution in [0.25, 0.3) is 22.2 Å². The van der Waals surface area contributed by atoms with Crippen LogP contribution in [0.4, 0.5) is 29.9 Å². The fourth-order valence-corrected chi connectivity index (χ4v) is 5.55. The molecule has 272 valence electrons. The lowest BCUT2D eigenvalue weighted by Crippen LogP contribution is -2.43. The molecular formula is C37H45F2N7O5. The van der Waals surface area contributed by atoms with Gasteiger partial charge in [0.1, 0.15) is 28.4 Å². The molecule has 0 unspecified atom stereocenters. The predicted octanol–water partition coefficient (Wildman–Crippen LogP) is 6.97. The Morgan fingerprint density at radius 2 is 1.55 bits per heavy atom. The number of rotatable bonds is 7. The minimum absolute atomic E-state index is 0.0296. The fourth-order valence-electron chi connectivity index (χ4n) is 5.55. The molecule has 4 aromatic rings. The van der Waals surface area contributed by atoms with E-state index in [0.29, 0.717) is 5.56 Å². The van der Waals surface area contributed by atoms with E-state index in [1.165, 1.54) is 17.2 Å². The van der Waals surface area contributed by atoms with Gasteiger partial charge in [-0.3, -0.25) is 9.78 Å². The number of amides is 2. The van der Waals surface area contributed by atoms with Gasteiger partial charge in [0.15, 0.2) is 5.82 Å². The van der Waals surface area contributed by atoms with Crippen molar-refractivity contribution >= 4 is 40.5 Å². The molecule has 0 spiro atoms. The minimum Gasteiger partial charge on any atom is -0.444 e. The third kappa shape index (κ3) is 8.98. The average molecular weight is 706 g/mol. The number of pyridine rings is 1. The summed E-state index contributed by atoms with van der Waals surface area (Å²) in [7, 11) is 0. The SMILES string of the molecule is CC(C)N(Cc1cc(F)c(-c2cc3c(NC(=O)c4ccc(N5CCNCC5)cc4)nn(C(=O)OC(C)(C)C)c3cn2)c(F)c1)C(=O)OC(C)(C)C. The standard InChI is InChI=1S/C37H45F2N7O5/c1-22(2)45(34(48)50-36(3,4)5)21-23-17-27(38)31(28(39)18-23)29-19-26-30(20-41-29)46(35(49)51-37(6,7)8)43-32(26)42-33(47)24-9-11-25(12-10-24)44-15-13-40-14-16-44/h9-12,17-20,22,40H,13-16,21H2,1-8H3,(H,42,43,47). The van der Waals surface area contributed by atoms with Crippen LogP contribution in [0.1, 0.15) is 71.3 Å². The topological polar surface area (TPSA) is 131 Å². The number of carbonyl (C=O) groups is 3. The number of carbonyl (C=O) groups excluding carboxylic acids is 3. The molecule has 0 atom stereocenters. The van der Waals surface area contributed by atoms with Crippen molar-refractivity contribution in [2.45, 2.75) is 79.2 Å². The molecule has 1 saturated heterocycles. The average Bonchev–Trinajstić information content (AvgIpc) is 3.39. The lowest BCUT2D eigenvalue weighted by Gasteiger charge is -2.30. The van der Waals surface area contributed by atoms with Gasteiger partial charge in [-0.2, -0.15) is 4.68 Å². The van der Waals surface area contributed by atoms with Gasteiger partial charge in [0, 0.05) is 55.4 Å². The van der Waals surface area contributed by atoms with Crippen LogP contribution in [-0.4, -0.2) is 81.2 Å². The van der Waals surface area contributed by atoms with Crippen molar-refractivity contribution in [1.82, 2.24) is 25.0 Å². The lowest BCUT2D eigenvalue weighted by atomic mass is 10.0. The van der Waals surface area contributed by atoms with Gasteiger partial charge in [-0.05, 0) is 103 Å². The molecule has 1 aliphatic heterocycles. The smallest absolute Gasteiger partial charge is 0.435 e. The number of anilines is 2. The van der Waals surface area contributed by atoms with E-state index in [0.717, 1.165) is 48.7 Å². The number of ether oxygens (including phenoxy) is 2. The Labute approximate surface area is 296 Å². The van der Waals surface area contributed by atoms with Gasteiger partial charge >= 0.3 is 12.2 Å². The third-order valence-corrected chi connectivity index (χ3v) is 7.94. The quantitative estimate of drug-likeness (QED) is 0.209. The number of fused-ring (bicyclic) bond motifs is 1. The zero-order valence-corrected chi connectivity index (χ0v) is 30.3. The number of nitrogens with zero attached hydrogens (tertiary/aromatic N) is 5. The molecule has 0 radical (unpaired) electrons. The molecule has 0 aliphatic carbocycles. The number of aromatic nitrogens is 3. The molecule has 0 saturated carbocycles. The van der Waals surface area contributed by atoms with Crippen molar-refractivity contribution in [2.75, 3.05) is 36.4 Å². The predicted molar refractivity (Wildman–Crippen MR) is 191 cm³/mol. The van der Waals surface area contributed by atoms with Crippen LogP contribution < -0.4 is 15.5 Å². The van der Waals surface area contributed by atoms with E-state index in [1.54, 1.807) is 67.5 Å². The van der Waals surface area contributed by atoms with Gasteiger partial charge in [0.2, 0.25) is 0 Å². The lowest BCUT2D eigenvalue weighted by molar-refractivity contribution is 0.0171. The van der Waals surface area contributed by atoms with Crippen molar-refractivity contribution in [3.05, 3.63) is 71.4 Å². The highest BCUT2D eigenvalue weighted by atomic mass is 19.1. The van der Waals surface area contributed by atoms with Crippen molar-refractivity contribution in [3.63, 3.8) is 0 Å². The van der Waals surface area contributed by atoms with Gasteiger partial charge in [0.05, 0.1) is 17.5 Å². The second-order valence-corrected chi connectivity index (χ2v) is 14.7. The number of nitrogens with one attached hydrogen (secondary N) is 2. The molecule has 2 aromatic carbocycles. The van der Waals surface area contributed by atoms with Gasteiger partial charge in [-0.25, -0.2) is 18.4 Å². The second kappa shape index (κ2) is 14.6. The molecule has 2 N–H and O–H groups in total. The Morgan fingerprint density at radius 3 is 2.12 bits per heavy atom. The van der Waals surface area contributed by atoms with E-state index in [2.05, 4.69) is 25.6 Å². The molecule has 51 heavy (non-hydrogen) atoms. The summed E-state index contributed by atoms with van der Waals surface area (Å²) in [5.74, 6) is -2.37. The maximum absolute atomic E-state index is 15.8. The number of hydrogen-bond donors (Lipinski definition) is 2.